The van der Waals surface area contributed by atoms with Gasteiger partial charge in [0.05, 0.1) is 0 Å². The molecule has 0 N–H and O–H groups in total. The van der Waals surface area contributed by atoms with Gasteiger partial charge in [0, 0.05) is 17.5 Å². The molecule has 0 saturated carbocycles. The lowest BCUT2D eigenvalue weighted by atomic mass is 10.2. The van der Waals surface area contributed by atoms with E-state index < -0.39 is 0 Å². The van der Waals surface area contributed by atoms with Gasteiger partial charge in [0.1, 0.15) is 5.76 Å². The van der Waals surface area contributed by atoms with E-state index in [0.717, 1.165) is 11.3 Å². The van der Waals surface area contributed by atoms with Gasteiger partial charge in [-0.1, -0.05) is 11.6 Å². The summed E-state index contributed by atoms with van der Waals surface area (Å²) in [7, 11) is 0. The SMILES string of the molecule is Cc1nnc(-c2ccc(-c3ccc(Cl)cc3)o2)o1. The lowest BCUT2D eigenvalue weighted by Gasteiger charge is -1.96. The van der Waals surface area contributed by atoms with E-state index in [1.54, 1.807) is 13.0 Å². The first-order valence-electron chi connectivity index (χ1n) is 5.38. The summed E-state index contributed by atoms with van der Waals surface area (Å²) in [6, 6.07) is 11.1. The molecule has 90 valence electrons. The Balaban J connectivity index is 1.96. The summed E-state index contributed by atoms with van der Waals surface area (Å²) in [6.07, 6.45) is 0. The zero-order valence-electron chi connectivity index (χ0n) is 9.55. The first kappa shape index (κ1) is 11.0. The summed E-state index contributed by atoms with van der Waals surface area (Å²) < 4.78 is 11.0. The molecule has 0 aliphatic heterocycles. The molecule has 0 aliphatic rings. The average molecular weight is 261 g/mol. The van der Waals surface area contributed by atoms with Gasteiger partial charge >= 0.3 is 0 Å². The summed E-state index contributed by atoms with van der Waals surface area (Å²) in [5.74, 6) is 2.18. The third-order valence-electron chi connectivity index (χ3n) is 2.47. The molecule has 0 unspecified atom stereocenters. The van der Waals surface area contributed by atoms with E-state index in [4.69, 9.17) is 20.4 Å². The Morgan fingerprint density at radius 2 is 1.61 bits per heavy atom. The number of aromatic nitrogens is 2. The largest absolute Gasteiger partial charge is 0.451 e. The maximum atomic E-state index is 5.84. The van der Waals surface area contributed by atoms with E-state index in [9.17, 15) is 0 Å². The van der Waals surface area contributed by atoms with Crippen LogP contribution in [0.3, 0.4) is 0 Å². The fourth-order valence-corrected chi connectivity index (χ4v) is 1.74. The summed E-state index contributed by atoms with van der Waals surface area (Å²) in [6.45, 7) is 1.74. The van der Waals surface area contributed by atoms with Gasteiger partial charge in [-0.3, -0.25) is 0 Å². The topological polar surface area (TPSA) is 52.1 Å². The number of furan rings is 1. The maximum Gasteiger partial charge on any atom is 0.283 e. The Morgan fingerprint density at radius 1 is 0.889 bits per heavy atom. The van der Waals surface area contributed by atoms with Gasteiger partial charge in [-0.2, -0.15) is 0 Å². The molecule has 0 atom stereocenters. The van der Waals surface area contributed by atoms with Gasteiger partial charge < -0.3 is 8.83 Å². The van der Waals surface area contributed by atoms with Crippen LogP contribution in [0.15, 0.2) is 45.2 Å². The number of halogens is 1. The highest BCUT2D eigenvalue weighted by molar-refractivity contribution is 6.30. The van der Waals surface area contributed by atoms with E-state index in [1.807, 2.05) is 30.3 Å². The van der Waals surface area contributed by atoms with E-state index in [2.05, 4.69) is 10.2 Å². The third-order valence-corrected chi connectivity index (χ3v) is 2.72. The number of hydrogen-bond donors (Lipinski definition) is 0. The monoisotopic (exact) mass is 260 g/mol. The molecule has 1 aromatic carbocycles. The van der Waals surface area contributed by atoms with Gasteiger partial charge in [-0.15, -0.1) is 10.2 Å². The lowest BCUT2D eigenvalue weighted by molar-refractivity contribution is 0.501. The summed E-state index contributed by atoms with van der Waals surface area (Å²) in [5.41, 5.74) is 0.946. The summed E-state index contributed by atoms with van der Waals surface area (Å²) in [4.78, 5) is 0. The Labute approximate surface area is 108 Å². The molecule has 0 amide bonds. The normalized spacial score (nSPS) is 10.8. The fraction of sp³-hybridized carbons (Fsp3) is 0.0769. The zero-order chi connectivity index (χ0) is 12.5. The van der Waals surface area contributed by atoms with Gasteiger partial charge in [-0.25, -0.2) is 0 Å². The minimum Gasteiger partial charge on any atom is -0.451 e. The van der Waals surface area contributed by atoms with Gasteiger partial charge in [0.25, 0.3) is 5.89 Å². The summed E-state index contributed by atoms with van der Waals surface area (Å²) >= 11 is 5.84. The average Bonchev–Trinajstić information content (AvgIpc) is 2.98. The molecule has 0 aliphatic carbocycles. The van der Waals surface area contributed by atoms with Crippen molar-refractivity contribution in [2.45, 2.75) is 6.92 Å². The van der Waals surface area contributed by atoms with Crippen molar-refractivity contribution in [2.75, 3.05) is 0 Å². The van der Waals surface area contributed by atoms with Crippen LogP contribution in [0, 0.1) is 6.92 Å². The fourth-order valence-electron chi connectivity index (χ4n) is 1.62. The number of hydrogen-bond acceptors (Lipinski definition) is 4. The Hall–Kier alpha value is -2.07. The van der Waals surface area contributed by atoms with Crippen molar-refractivity contribution < 1.29 is 8.83 Å². The minimum absolute atomic E-state index is 0.382. The first-order valence-corrected chi connectivity index (χ1v) is 5.76. The second-order valence-electron chi connectivity index (χ2n) is 3.80. The molecular formula is C13H9ClN2O2. The highest BCUT2D eigenvalue weighted by Crippen LogP contribution is 2.28. The number of nitrogens with zero attached hydrogens (tertiary/aromatic N) is 2. The standard InChI is InChI=1S/C13H9ClN2O2/c1-8-15-16-13(17-8)12-7-6-11(18-12)9-2-4-10(14)5-3-9/h2-7H,1H3. The second-order valence-corrected chi connectivity index (χ2v) is 4.23. The third kappa shape index (κ3) is 2.02. The highest BCUT2D eigenvalue weighted by atomic mass is 35.5. The van der Waals surface area contributed by atoms with Crippen LogP contribution in [0.5, 0.6) is 0 Å². The summed E-state index contributed by atoms with van der Waals surface area (Å²) in [5, 5.41) is 8.36. The molecule has 3 rings (SSSR count). The molecule has 0 fully saturated rings. The molecule has 0 radical (unpaired) electrons. The van der Waals surface area contributed by atoms with Crippen LogP contribution in [0.2, 0.25) is 5.02 Å². The van der Waals surface area contributed by atoms with E-state index in [-0.39, 0.29) is 0 Å². The molecule has 0 saturated heterocycles. The van der Waals surface area contributed by atoms with Crippen LogP contribution < -0.4 is 0 Å². The second kappa shape index (κ2) is 4.31. The van der Waals surface area contributed by atoms with E-state index >= 15 is 0 Å². The lowest BCUT2D eigenvalue weighted by Crippen LogP contribution is -1.74. The van der Waals surface area contributed by atoms with Crippen LogP contribution in [0.4, 0.5) is 0 Å². The zero-order valence-corrected chi connectivity index (χ0v) is 10.3. The first-order chi connectivity index (χ1) is 8.72. The predicted octanol–water partition coefficient (Wildman–Crippen LogP) is 3.96. The van der Waals surface area contributed by atoms with Crippen molar-refractivity contribution in [2.24, 2.45) is 0 Å². The van der Waals surface area contributed by atoms with Crippen LogP contribution in [0.1, 0.15) is 5.89 Å². The molecule has 5 heteroatoms. The van der Waals surface area contributed by atoms with Gasteiger partial charge in [-0.05, 0) is 36.4 Å². The van der Waals surface area contributed by atoms with Crippen molar-refractivity contribution >= 4 is 11.6 Å². The van der Waals surface area contributed by atoms with E-state index in [1.165, 1.54) is 0 Å². The number of benzene rings is 1. The van der Waals surface area contributed by atoms with Gasteiger partial charge in [0.2, 0.25) is 5.89 Å². The number of aryl methyl sites for hydroxylation is 1. The molecule has 2 aromatic heterocycles. The molecule has 2 heterocycles. The van der Waals surface area contributed by atoms with Gasteiger partial charge in [0.15, 0.2) is 5.76 Å². The van der Waals surface area contributed by atoms with Crippen LogP contribution in [0.25, 0.3) is 23.0 Å². The van der Waals surface area contributed by atoms with Crippen molar-refractivity contribution in [3.8, 4) is 23.0 Å². The minimum atomic E-state index is 0.382. The molecule has 0 bridgehead atoms. The Bertz CT molecular complexity index is 670. The van der Waals surface area contributed by atoms with Crippen molar-refractivity contribution in [1.29, 1.82) is 0 Å². The smallest absolute Gasteiger partial charge is 0.283 e. The Morgan fingerprint density at radius 3 is 2.28 bits per heavy atom. The predicted molar refractivity (Wildman–Crippen MR) is 67.2 cm³/mol. The molecule has 18 heavy (non-hydrogen) atoms. The quantitative estimate of drug-likeness (QED) is 0.700. The Kier molecular flexibility index (Phi) is 2.64. The van der Waals surface area contributed by atoms with Crippen LogP contribution >= 0.6 is 11.6 Å². The maximum absolute atomic E-state index is 5.84. The number of rotatable bonds is 2. The molecule has 3 aromatic rings. The molecular weight excluding hydrogens is 252 g/mol. The van der Waals surface area contributed by atoms with Crippen LogP contribution in [-0.4, -0.2) is 10.2 Å². The van der Waals surface area contributed by atoms with Crippen molar-refractivity contribution in [3.63, 3.8) is 0 Å². The molecule has 4 nitrogen and oxygen atoms in total. The van der Waals surface area contributed by atoms with Crippen molar-refractivity contribution in [3.05, 3.63) is 47.3 Å². The van der Waals surface area contributed by atoms with E-state index in [0.29, 0.717) is 22.6 Å². The molecule has 0 spiro atoms. The van der Waals surface area contributed by atoms with Crippen LogP contribution in [-0.2, 0) is 0 Å². The van der Waals surface area contributed by atoms with Crippen molar-refractivity contribution in [1.82, 2.24) is 10.2 Å². The highest BCUT2D eigenvalue weighted by Gasteiger charge is 2.11.